The van der Waals surface area contributed by atoms with Crippen LogP contribution in [0.5, 0.6) is 0 Å². The van der Waals surface area contributed by atoms with E-state index in [9.17, 15) is 19.7 Å². The predicted molar refractivity (Wildman–Crippen MR) is 84.4 cm³/mol. The smallest absolute Gasteiger partial charge is 0.324 e. The quantitative estimate of drug-likeness (QED) is 0.667. The summed E-state index contributed by atoms with van der Waals surface area (Å²) in [6, 6.07) is 7.82. The molecular formula is C14H13N3O4S. The van der Waals surface area contributed by atoms with Gasteiger partial charge < -0.3 is 10.6 Å². The van der Waals surface area contributed by atoms with E-state index in [0.29, 0.717) is 16.9 Å². The van der Waals surface area contributed by atoms with Gasteiger partial charge in [0.15, 0.2) is 0 Å². The number of amides is 2. The fourth-order valence-corrected chi connectivity index (χ4v) is 2.54. The molecule has 0 saturated carbocycles. The van der Waals surface area contributed by atoms with E-state index in [-0.39, 0.29) is 15.8 Å². The Morgan fingerprint density at radius 1 is 1.14 bits per heavy atom. The summed E-state index contributed by atoms with van der Waals surface area (Å²) in [5.41, 5.74) is 1.84. The second-order valence-corrected chi connectivity index (χ2v) is 5.57. The molecule has 0 bridgehead atoms. The van der Waals surface area contributed by atoms with Gasteiger partial charge in [0.1, 0.15) is 0 Å². The molecule has 2 N–H and O–H groups in total. The van der Waals surface area contributed by atoms with E-state index < -0.39 is 10.8 Å². The number of nitrogens with one attached hydrogen (secondary N) is 2. The first-order chi connectivity index (χ1) is 10.4. The van der Waals surface area contributed by atoms with Crippen molar-refractivity contribution in [1.82, 2.24) is 0 Å². The Morgan fingerprint density at radius 2 is 1.77 bits per heavy atom. The zero-order chi connectivity index (χ0) is 16.3. The Labute approximate surface area is 130 Å². The molecule has 0 fully saturated rings. The first-order valence-electron chi connectivity index (χ1n) is 6.31. The summed E-state index contributed by atoms with van der Waals surface area (Å²) in [6.07, 6.45) is 0. The van der Waals surface area contributed by atoms with Gasteiger partial charge in [0, 0.05) is 24.4 Å². The van der Waals surface area contributed by atoms with Crippen LogP contribution in [0.1, 0.15) is 22.2 Å². The lowest BCUT2D eigenvalue weighted by atomic mass is 10.1. The van der Waals surface area contributed by atoms with Crippen LogP contribution < -0.4 is 10.6 Å². The summed E-state index contributed by atoms with van der Waals surface area (Å²) in [5.74, 6) is -0.637. The number of hydrogen-bond donors (Lipinski definition) is 2. The van der Waals surface area contributed by atoms with E-state index in [1.54, 1.807) is 25.1 Å². The Kier molecular flexibility index (Phi) is 4.52. The second kappa shape index (κ2) is 6.35. The van der Waals surface area contributed by atoms with Crippen molar-refractivity contribution in [2.75, 3.05) is 10.6 Å². The predicted octanol–water partition coefficient (Wildman–Crippen LogP) is 3.18. The molecule has 0 spiro atoms. The van der Waals surface area contributed by atoms with E-state index in [2.05, 4.69) is 10.6 Å². The molecule has 0 aliphatic carbocycles. The van der Waals surface area contributed by atoms with Crippen molar-refractivity contribution < 1.29 is 14.5 Å². The first-order valence-corrected chi connectivity index (χ1v) is 7.13. The van der Waals surface area contributed by atoms with Crippen LogP contribution in [-0.2, 0) is 4.79 Å². The molecule has 1 aromatic carbocycles. The number of nitrogens with zero attached hydrogens (tertiary/aromatic N) is 1. The van der Waals surface area contributed by atoms with Crippen LogP contribution in [0.3, 0.4) is 0 Å². The molecule has 2 rings (SSSR count). The number of carbonyl (C=O) groups excluding carboxylic acids is 2. The number of thiophene rings is 1. The van der Waals surface area contributed by atoms with Crippen LogP contribution in [0.4, 0.5) is 16.4 Å². The molecule has 0 saturated heterocycles. The van der Waals surface area contributed by atoms with E-state index in [1.807, 2.05) is 0 Å². The molecule has 0 unspecified atom stereocenters. The molecule has 2 amide bonds. The van der Waals surface area contributed by atoms with Crippen molar-refractivity contribution in [1.29, 1.82) is 0 Å². The van der Waals surface area contributed by atoms with Crippen molar-refractivity contribution in [2.24, 2.45) is 0 Å². The van der Waals surface area contributed by atoms with Gasteiger partial charge in [0.25, 0.3) is 5.91 Å². The Morgan fingerprint density at radius 3 is 2.32 bits per heavy atom. The van der Waals surface area contributed by atoms with Gasteiger partial charge in [-0.3, -0.25) is 19.7 Å². The van der Waals surface area contributed by atoms with Crippen LogP contribution >= 0.6 is 11.3 Å². The molecule has 2 aromatic rings. The standard InChI is InChI=1S/C14H13N3O4S/c1-8-10(15-9(2)18)4-3-5-11(8)16-14(19)12-6-7-13(22-12)17(20)21/h3-7H,1-2H3,(H,15,18)(H,16,19). The zero-order valence-corrected chi connectivity index (χ0v) is 12.7. The number of rotatable bonds is 4. The van der Waals surface area contributed by atoms with E-state index >= 15 is 0 Å². The molecule has 1 heterocycles. The third-order valence-corrected chi connectivity index (χ3v) is 3.92. The molecule has 8 heteroatoms. The normalized spacial score (nSPS) is 10.1. The molecule has 0 radical (unpaired) electrons. The van der Waals surface area contributed by atoms with Crippen LogP contribution in [0.25, 0.3) is 0 Å². The lowest BCUT2D eigenvalue weighted by molar-refractivity contribution is -0.380. The summed E-state index contributed by atoms with van der Waals surface area (Å²) in [7, 11) is 0. The minimum Gasteiger partial charge on any atom is -0.326 e. The molecule has 1 aromatic heterocycles. The summed E-state index contributed by atoms with van der Waals surface area (Å²) < 4.78 is 0. The maximum absolute atomic E-state index is 12.1. The van der Waals surface area contributed by atoms with Crippen LogP contribution in [0.15, 0.2) is 30.3 Å². The molecule has 114 valence electrons. The van der Waals surface area contributed by atoms with Gasteiger partial charge in [-0.1, -0.05) is 17.4 Å². The second-order valence-electron chi connectivity index (χ2n) is 4.51. The van der Waals surface area contributed by atoms with E-state index in [0.717, 1.165) is 11.3 Å². The highest BCUT2D eigenvalue weighted by Gasteiger charge is 2.16. The van der Waals surface area contributed by atoms with Crippen LogP contribution in [0, 0.1) is 17.0 Å². The van der Waals surface area contributed by atoms with Gasteiger partial charge in [0.2, 0.25) is 5.91 Å². The summed E-state index contributed by atoms with van der Waals surface area (Å²) in [6.45, 7) is 3.16. The topological polar surface area (TPSA) is 101 Å². The van der Waals surface area contributed by atoms with E-state index in [1.165, 1.54) is 19.1 Å². The highest BCUT2D eigenvalue weighted by Crippen LogP contribution is 2.27. The molecular weight excluding hydrogens is 306 g/mol. The molecule has 0 aliphatic heterocycles. The lowest BCUT2D eigenvalue weighted by Crippen LogP contribution is -2.13. The van der Waals surface area contributed by atoms with Gasteiger partial charge in [0.05, 0.1) is 9.80 Å². The Balaban J connectivity index is 2.20. The maximum Gasteiger partial charge on any atom is 0.324 e. The first kappa shape index (κ1) is 15.6. The number of hydrogen-bond acceptors (Lipinski definition) is 5. The largest absolute Gasteiger partial charge is 0.326 e. The fraction of sp³-hybridized carbons (Fsp3) is 0.143. The molecule has 22 heavy (non-hydrogen) atoms. The third-order valence-electron chi connectivity index (χ3n) is 2.89. The highest BCUT2D eigenvalue weighted by atomic mass is 32.1. The number of nitro groups is 1. The minimum atomic E-state index is -0.538. The number of benzene rings is 1. The summed E-state index contributed by atoms with van der Waals surface area (Å²) in [5, 5.41) is 15.9. The third kappa shape index (κ3) is 3.47. The SMILES string of the molecule is CC(=O)Nc1cccc(NC(=O)c2ccc([N+](=O)[O-])s2)c1C. The van der Waals surface area contributed by atoms with Gasteiger partial charge in [-0.15, -0.1) is 0 Å². The number of carbonyl (C=O) groups is 2. The molecule has 0 atom stereocenters. The van der Waals surface area contributed by atoms with E-state index in [4.69, 9.17) is 0 Å². The fourth-order valence-electron chi connectivity index (χ4n) is 1.83. The van der Waals surface area contributed by atoms with Crippen molar-refractivity contribution in [3.8, 4) is 0 Å². The minimum absolute atomic E-state index is 0.0890. The molecule has 0 aliphatic rings. The Hall–Kier alpha value is -2.74. The van der Waals surface area contributed by atoms with Gasteiger partial charge in [-0.25, -0.2) is 0 Å². The van der Waals surface area contributed by atoms with Crippen molar-refractivity contribution in [3.63, 3.8) is 0 Å². The monoisotopic (exact) mass is 319 g/mol. The van der Waals surface area contributed by atoms with Crippen molar-refractivity contribution in [2.45, 2.75) is 13.8 Å². The molecule has 7 nitrogen and oxygen atoms in total. The van der Waals surface area contributed by atoms with Gasteiger partial charge in [-0.05, 0) is 30.7 Å². The van der Waals surface area contributed by atoms with Crippen LogP contribution in [0.2, 0.25) is 0 Å². The summed E-state index contributed by atoms with van der Waals surface area (Å²) >= 11 is 0.808. The number of anilines is 2. The van der Waals surface area contributed by atoms with Crippen LogP contribution in [-0.4, -0.2) is 16.7 Å². The average Bonchev–Trinajstić information content (AvgIpc) is 2.92. The maximum atomic E-state index is 12.1. The van der Waals surface area contributed by atoms with Crippen molar-refractivity contribution in [3.05, 3.63) is 50.9 Å². The zero-order valence-electron chi connectivity index (χ0n) is 11.9. The van der Waals surface area contributed by atoms with Crippen molar-refractivity contribution >= 4 is 39.5 Å². The average molecular weight is 319 g/mol. The lowest BCUT2D eigenvalue weighted by Gasteiger charge is -2.12. The van der Waals surface area contributed by atoms with Gasteiger partial charge in [-0.2, -0.15) is 0 Å². The Bertz CT molecular complexity index is 754. The summed E-state index contributed by atoms with van der Waals surface area (Å²) in [4.78, 5) is 33.6. The highest BCUT2D eigenvalue weighted by molar-refractivity contribution is 7.17. The van der Waals surface area contributed by atoms with Gasteiger partial charge >= 0.3 is 5.00 Å².